The normalized spacial score (nSPS) is 10.8. The minimum atomic E-state index is -0.117. The van der Waals surface area contributed by atoms with Crippen LogP contribution >= 0.6 is 11.3 Å². The van der Waals surface area contributed by atoms with Gasteiger partial charge in [0.25, 0.3) is 0 Å². The Hall–Kier alpha value is -3.12. The molecular formula is C20H18N2O3S. The van der Waals surface area contributed by atoms with Crippen LogP contribution in [0.15, 0.2) is 54.6 Å². The number of para-hydroxylation sites is 1. The molecule has 0 aliphatic rings. The van der Waals surface area contributed by atoms with E-state index < -0.39 is 0 Å². The number of hydrogen-bond acceptors (Lipinski definition) is 6. The summed E-state index contributed by atoms with van der Waals surface area (Å²) in [5.74, 6) is 0.307. The number of nitrogens with one attached hydrogen (secondary N) is 1. The first-order valence-electron chi connectivity index (χ1n) is 7.95. The number of phenolic OH excluding ortho intramolecular Hbond substituents is 1. The lowest BCUT2D eigenvalue weighted by molar-refractivity contribution is 0.105. The van der Waals surface area contributed by atoms with Crippen molar-refractivity contribution in [3.8, 4) is 11.5 Å². The van der Waals surface area contributed by atoms with E-state index in [9.17, 15) is 9.90 Å². The summed E-state index contributed by atoms with van der Waals surface area (Å²) >= 11 is 1.32. The van der Waals surface area contributed by atoms with Crippen LogP contribution in [0.5, 0.6) is 11.5 Å². The standard InChI is InChI=1S/C20H18N2O3S/c1-13-19(26-20(21-13)22-15-6-4-3-5-7-15)17(24)11-9-14-8-10-16(23)18(12-14)25-2/h3-12,23H,1-2H3,(H,21,22)/b11-9-. The SMILES string of the molecule is COc1cc(/C=C\C(=O)c2sc(Nc3ccccc3)nc2C)ccc1O. The van der Waals surface area contributed by atoms with Gasteiger partial charge in [0.1, 0.15) is 0 Å². The molecule has 0 saturated carbocycles. The number of ketones is 1. The molecule has 0 amide bonds. The van der Waals surface area contributed by atoms with Crippen molar-refractivity contribution < 1.29 is 14.6 Å². The summed E-state index contributed by atoms with van der Waals surface area (Å²) in [4.78, 5) is 17.5. The number of phenols is 1. The monoisotopic (exact) mass is 366 g/mol. The lowest BCUT2D eigenvalue weighted by Gasteiger charge is -2.03. The van der Waals surface area contributed by atoms with Gasteiger partial charge in [0, 0.05) is 5.69 Å². The third-order valence-electron chi connectivity index (χ3n) is 3.68. The van der Waals surface area contributed by atoms with Gasteiger partial charge in [-0.3, -0.25) is 4.79 Å². The molecule has 0 spiro atoms. The molecule has 0 aliphatic heterocycles. The van der Waals surface area contributed by atoms with Crippen LogP contribution in [0.4, 0.5) is 10.8 Å². The van der Waals surface area contributed by atoms with Gasteiger partial charge in [-0.1, -0.05) is 41.7 Å². The number of allylic oxidation sites excluding steroid dienone is 1. The third-order valence-corrected chi connectivity index (χ3v) is 4.76. The van der Waals surface area contributed by atoms with Crippen LogP contribution < -0.4 is 10.1 Å². The second-order valence-electron chi connectivity index (χ2n) is 5.55. The second-order valence-corrected chi connectivity index (χ2v) is 6.55. The van der Waals surface area contributed by atoms with Crippen molar-refractivity contribution in [2.24, 2.45) is 0 Å². The zero-order chi connectivity index (χ0) is 18.5. The number of nitrogens with zero attached hydrogens (tertiary/aromatic N) is 1. The van der Waals surface area contributed by atoms with Crippen LogP contribution in [0.1, 0.15) is 20.9 Å². The lowest BCUT2D eigenvalue weighted by Crippen LogP contribution is -1.93. The molecule has 0 fully saturated rings. The molecule has 132 valence electrons. The molecule has 0 radical (unpaired) electrons. The quantitative estimate of drug-likeness (QED) is 0.484. The largest absolute Gasteiger partial charge is 0.504 e. The first-order valence-corrected chi connectivity index (χ1v) is 8.77. The van der Waals surface area contributed by atoms with Gasteiger partial charge in [-0.05, 0) is 42.8 Å². The summed E-state index contributed by atoms with van der Waals surface area (Å²) in [6, 6.07) is 14.6. The van der Waals surface area contributed by atoms with Gasteiger partial charge in [0.05, 0.1) is 17.7 Å². The Balaban J connectivity index is 1.75. The molecule has 3 aromatic rings. The average Bonchev–Trinajstić information content (AvgIpc) is 3.01. The zero-order valence-corrected chi connectivity index (χ0v) is 15.2. The van der Waals surface area contributed by atoms with E-state index in [1.54, 1.807) is 18.2 Å². The fourth-order valence-corrected chi connectivity index (χ4v) is 3.28. The summed E-state index contributed by atoms with van der Waals surface area (Å²) < 4.78 is 5.07. The fourth-order valence-electron chi connectivity index (χ4n) is 2.37. The number of hydrogen-bond donors (Lipinski definition) is 2. The molecule has 26 heavy (non-hydrogen) atoms. The average molecular weight is 366 g/mol. The number of benzene rings is 2. The molecule has 1 heterocycles. The molecule has 0 unspecified atom stereocenters. The van der Waals surface area contributed by atoms with E-state index in [0.29, 0.717) is 21.5 Å². The number of rotatable bonds is 6. The maximum Gasteiger partial charge on any atom is 0.197 e. The van der Waals surface area contributed by atoms with Gasteiger partial charge < -0.3 is 15.2 Å². The third kappa shape index (κ3) is 4.10. The second kappa shape index (κ2) is 7.84. The highest BCUT2D eigenvalue weighted by molar-refractivity contribution is 7.17. The molecule has 3 rings (SSSR count). The van der Waals surface area contributed by atoms with E-state index in [1.165, 1.54) is 30.6 Å². The predicted molar refractivity (Wildman–Crippen MR) is 105 cm³/mol. The number of carbonyl (C=O) groups excluding carboxylic acids is 1. The fraction of sp³-hybridized carbons (Fsp3) is 0.100. The first-order chi connectivity index (χ1) is 12.6. The molecule has 2 N–H and O–H groups in total. The Bertz CT molecular complexity index is 949. The van der Waals surface area contributed by atoms with E-state index in [0.717, 1.165) is 11.3 Å². The molecule has 0 aliphatic carbocycles. The van der Waals surface area contributed by atoms with Gasteiger partial charge in [-0.25, -0.2) is 4.98 Å². The van der Waals surface area contributed by atoms with E-state index in [-0.39, 0.29) is 11.5 Å². The number of ether oxygens (including phenoxy) is 1. The molecule has 0 saturated heterocycles. The van der Waals surface area contributed by atoms with Crippen molar-refractivity contribution in [2.45, 2.75) is 6.92 Å². The summed E-state index contributed by atoms with van der Waals surface area (Å²) in [6.07, 6.45) is 3.19. The Morgan fingerprint density at radius 1 is 1.23 bits per heavy atom. The predicted octanol–water partition coefficient (Wildman–Crippen LogP) is 4.81. The van der Waals surface area contributed by atoms with Crippen LogP contribution in [-0.2, 0) is 0 Å². The Morgan fingerprint density at radius 2 is 2.00 bits per heavy atom. The molecule has 0 atom stereocenters. The number of aromatic hydroxyl groups is 1. The Morgan fingerprint density at radius 3 is 2.73 bits per heavy atom. The highest BCUT2D eigenvalue weighted by Crippen LogP contribution is 2.28. The summed E-state index contributed by atoms with van der Waals surface area (Å²) in [5, 5.41) is 13.5. The first kappa shape index (κ1) is 17.7. The van der Waals surface area contributed by atoms with Gasteiger partial charge in [0.15, 0.2) is 22.4 Å². The topological polar surface area (TPSA) is 71.5 Å². The van der Waals surface area contributed by atoms with E-state index in [2.05, 4.69) is 10.3 Å². The van der Waals surface area contributed by atoms with Gasteiger partial charge in [-0.15, -0.1) is 0 Å². The minimum absolute atomic E-state index is 0.0610. The summed E-state index contributed by atoms with van der Waals surface area (Å²) in [6.45, 7) is 1.82. The van der Waals surface area contributed by atoms with Crippen molar-refractivity contribution in [3.63, 3.8) is 0 Å². The van der Waals surface area contributed by atoms with E-state index >= 15 is 0 Å². The minimum Gasteiger partial charge on any atom is -0.504 e. The summed E-state index contributed by atoms with van der Waals surface area (Å²) in [5.41, 5.74) is 2.37. The highest BCUT2D eigenvalue weighted by Gasteiger charge is 2.13. The number of thiazole rings is 1. The van der Waals surface area contributed by atoms with Crippen molar-refractivity contribution in [1.82, 2.24) is 4.98 Å². The smallest absolute Gasteiger partial charge is 0.197 e. The van der Waals surface area contributed by atoms with Gasteiger partial charge >= 0.3 is 0 Å². The van der Waals surface area contributed by atoms with Crippen LogP contribution in [0.2, 0.25) is 0 Å². The highest BCUT2D eigenvalue weighted by atomic mass is 32.1. The van der Waals surface area contributed by atoms with E-state index in [1.807, 2.05) is 37.3 Å². The van der Waals surface area contributed by atoms with Crippen molar-refractivity contribution >= 4 is 34.0 Å². The Labute approximate surface area is 155 Å². The zero-order valence-electron chi connectivity index (χ0n) is 14.4. The molecule has 0 bridgehead atoms. The maximum absolute atomic E-state index is 12.5. The van der Waals surface area contributed by atoms with Crippen LogP contribution in [0, 0.1) is 6.92 Å². The van der Waals surface area contributed by atoms with Gasteiger partial charge in [0.2, 0.25) is 0 Å². The number of methoxy groups -OCH3 is 1. The molecular weight excluding hydrogens is 348 g/mol. The van der Waals surface area contributed by atoms with Crippen LogP contribution in [0.25, 0.3) is 6.08 Å². The maximum atomic E-state index is 12.5. The van der Waals surface area contributed by atoms with Crippen molar-refractivity contribution in [2.75, 3.05) is 12.4 Å². The number of carbonyl (C=O) groups is 1. The number of aryl methyl sites for hydroxylation is 1. The lowest BCUT2D eigenvalue weighted by atomic mass is 10.1. The van der Waals surface area contributed by atoms with Crippen LogP contribution in [0.3, 0.4) is 0 Å². The van der Waals surface area contributed by atoms with Crippen molar-refractivity contribution in [3.05, 3.63) is 70.7 Å². The number of anilines is 2. The molecule has 1 aromatic heterocycles. The van der Waals surface area contributed by atoms with E-state index in [4.69, 9.17) is 4.74 Å². The van der Waals surface area contributed by atoms with Gasteiger partial charge in [-0.2, -0.15) is 0 Å². The molecule has 5 nitrogen and oxygen atoms in total. The number of aromatic nitrogens is 1. The van der Waals surface area contributed by atoms with Crippen LogP contribution in [-0.4, -0.2) is 23.0 Å². The Kier molecular flexibility index (Phi) is 5.34. The molecule has 6 heteroatoms. The van der Waals surface area contributed by atoms with Crippen molar-refractivity contribution in [1.29, 1.82) is 0 Å². The molecule has 2 aromatic carbocycles. The summed E-state index contributed by atoms with van der Waals surface area (Å²) in [7, 11) is 1.48.